The van der Waals surface area contributed by atoms with E-state index in [0.717, 1.165) is 30.6 Å². The van der Waals surface area contributed by atoms with Gasteiger partial charge in [-0.1, -0.05) is 26.8 Å². The maximum absolute atomic E-state index is 12.4. The highest BCUT2D eigenvalue weighted by atomic mass is 16.5. The molecule has 0 spiro atoms. The lowest BCUT2D eigenvalue weighted by Gasteiger charge is -2.35. The number of nitrogens with one attached hydrogen (secondary N) is 1. The van der Waals surface area contributed by atoms with Gasteiger partial charge in [-0.15, -0.1) is 0 Å². The fraction of sp³-hybridized carbons (Fsp3) is 0.682. The summed E-state index contributed by atoms with van der Waals surface area (Å²) in [7, 11) is 0. The summed E-state index contributed by atoms with van der Waals surface area (Å²) < 4.78 is 5.91. The minimum absolute atomic E-state index is 0.00823. The topological polar surface area (TPSA) is 41.6 Å². The third kappa shape index (κ3) is 6.31. The van der Waals surface area contributed by atoms with E-state index in [9.17, 15) is 4.79 Å². The third-order valence-electron chi connectivity index (χ3n) is 5.31. The number of likely N-dealkylation sites (tertiary alicyclic amines) is 1. The first-order valence-electron chi connectivity index (χ1n) is 10.1. The molecule has 0 radical (unpaired) electrons. The van der Waals surface area contributed by atoms with Crippen LogP contribution in [0.25, 0.3) is 0 Å². The summed E-state index contributed by atoms with van der Waals surface area (Å²) in [5, 5.41) is 3.05. The fourth-order valence-electron chi connectivity index (χ4n) is 3.88. The number of carbonyl (C=O) groups excluding carboxylic acids is 1. The standard InChI is InChI=1S/C22H36N2O2/c1-6-21(26-20-9-8-18(4)19(5)13-20)22(25)23-10-7-11-24-14-16(2)12-17(3)15-24/h8-9,13,16-17,21H,6-7,10-12,14-15H2,1-5H3,(H,23,25)/t16-,17-,21+/m1/s1. The van der Waals surface area contributed by atoms with Crippen molar-refractivity contribution in [2.75, 3.05) is 26.2 Å². The van der Waals surface area contributed by atoms with Gasteiger partial charge in [-0.25, -0.2) is 0 Å². The zero-order valence-corrected chi connectivity index (χ0v) is 17.2. The van der Waals surface area contributed by atoms with Crippen LogP contribution in [0.2, 0.25) is 0 Å². The number of carbonyl (C=O) groups is 1. The summed E-state index contributed by atoms with van der Waals surface area (Å²) in [4.78, 5) is 15.0. The molecule has 1 aliphatic heterocycles. The molecule has 0 saturated carbocycles. The van der Waals surface area contributed by atoms with Gasteiger partial charge >= 0.3 is 0 Å². The molecule has 1 aliphatic rings. The van der Waals surface area contributed by atoms with Crippen LogP contribution in [0.3, 0.4) is 0 Å². The maximum atomic E-state index is 12.4. The molecule has 0 bridgehead atoms. The molecule has 4 nitrogen and oxygen atoms in total. The summed E-state index contributed by atoms with van der Waals surface area (Å²) in [6.07, 6.45) is 2.57. The molecular weight excluding hydrogens is 324 g/mol. The van der Waals surface area contributed by atoms with Crippen molar-refractivity contribution in [3.8, 4) is 5.75 Å². The first kappa shape index (κ1) is 20.8. The van der Waals surface area contributed by atoms with Crippen LogP contribution in [0, 0.1) is 25.7 Å². The maximum Gasteiger partial charge on any atom is 0.261 e. The number of piperidine rings is 1. The van der Waals surface area contributed by atoms with Crippen LogP contribution in [0.15, 0.2) is 18.2 Å². The third-order valence-corrected chi connectivity index (χ3v) is 5.31. The molecule has 2 rings (SSSR count). The number of hydrogen-bond acceptors (Lipinski definition) is 3. The van der Waals surface area contributed by atoms with Crippen LogP contribution in [0.1, 0.15) is 51.2 Å². The Bertz CT molecular complexity index is 578. The van der Waals surface area contributed by atoms with Crippen molar-refractivity contribution in [2.45, 2.75) is 60.0 Å². The lowest BCUT2D eigenvalue weighted by Crippen LogP contribution is -2.41. The van der Waals surface area contributed by atoms with Gasteiger partial charge in [-0.05, 0) is 74.8 Å². The Hall–Kier alpha value is -1.55. The SMILES string of the molecule is CC[C@H](Oc1ccc(C)c(C)c1)C(=O)NCCCN1C[C@H](C)C[C@@H](C)C1. The molecule has 3 atom stereocenters. The predicted molar refractivity (Wildman–Crippen MR) is 108 cm³/mol. The van der Waals surface area contributed by atoms with Crippen LogP contribution < -0.4 is 10.1 Å². The number of amides is 1. The average Bonchev–Trinajstić information content (AvgIpc) is 2.58. The second-order valence-electron chi connectivity index (χ2n) is 8.11. The van der Waals surface area contributed by atoms with E-state index in [4.69, 9.17) is 4.74 Å². The Balaban J connectivity index is 1.73. The highest BCUT2D eigenvalue weighted by Gasteiger charge is 2.22. The molecule has 1 N–H and O–H groups in total. The lowest BCUT2D eigenvalue weighted by atomic mass is 9.92. The molecule has 0 aliphatic carbocycles. The molecule has 0 aromatic heterocycles. The Morgan fingerprint density at radius 3 is 2.54 bits per heavy atom. The van der Waals surface area contributed by atoms with E-state index >= 15 is 0 Å². The van der Waals surface area contributed by atoms with Crippen LogP contribution in [0.5, 0.6) is 5.75 Å². The van der Waals surface area contributed by atoms with Gasteiger partial charge in [0.1, 0.15) is 5.75 Å². The fourth-order valence-corrected chi connectivity index (χ4v) is 3.88. The molecule has 146 valence electrons. The van der Waals surface area contributed by atoms with Gasteiger partial charge in [-0.2, -0.15) is 0 Å². The molecule has 0 unspecified atom stereocenters. The van der Waals surface area contributed by atoms with E-state index in [1.165, 1.54) is 30.6 Å². The van der Waals surface area contributed by atoms with Gasteiger partial charge in [-0.3, -0.25) is 4.79 Å². The van der Waals surface area contributed by atoms with E-state index in [1.54, 1.807) is 0 Å². The molecule has 4 heteroatoms. The lowest BCUT2D eigenvalue weighted by molar-refractivity contribution is -0.128. The van der Waals surface area contributed by atoms with Crippen molar-refractivity contribution in [1.29, 1.82) is 0 Å². The van der Waals surface area contributed by atoms with E-state index in [2.05, 4.69) is 37.9 Å². The van der Waals surface area contributed by atoms with E-state index < -0.39 is 6.10 Å². The monoisotopic (exact) mass is 360 g/mol. The van der Waals surface area contributed by atoms with Crippen LogP contribution in [-0.4, -0.2) is 43.1 Å². The normalized spacial score (nSPS) is 22.0. The number of aryl methyl sites for hydroxylation is 2. The molecule has 1 heterocycles. The van der Waals surface area contributed by atoms with Crippen molar-refractivity contribution >= 4 is 5.91 Å². The highest BCUT2D eigenvalue weighted by molar-refractivity contribution is 5.81. The number of rotatable bonds is 8. The molecule has 1 aromatic carbocycles. The molecule has 1 aromatic rings. The van der Waals surface area contributed by atoms with E-state index in [-0.39, 0.29) is 5.91 Å². The Morgan fingerprint density at radius 2 is 1.92 bits per heavy atom. The molecular formula is C22H36N2O2. The van der Waals surface area contributed by atoms with Gasteiger partial charge in [0, 0.05) is 19.6 Å². The van der Waals surface area contributed by atoms with Crippen LogP contribution in [-0.2, 0) is 4.79 Å². The second kappa shape index (κ2) is 9.96. The predicted octanol–water partition coefficient (Wildman–Crippen LogP) is 3.95. The van der Waals surface area contributed by atoms with E-state index in [0.29, 0.717) is 13.0 Å². The largest absolute Gasteiger partial charge is 0.481 e. The average molecular weight is 361 g/mol. The minimum atomic E-state index is -0.424. The zero-order valence-electron chi connectivity index (χ0n) is 17.2. The van der Waals surface area contributed by atoms with Crippen LogP contribution in [0.4, 0.5) is 0 Å². The smallest absolute Gasteiger partial charge is 0.261 e. The zero-order chi connectivity index (χ0) is 19.1. The van der Waals surface area contributed by atoms with Gasteiger partial charge in [0.25, 0.3) is 5.91 Å². The van der Waals surface area contributed by atoms with Crippen molar-refractivity contribution in [3.63, 3.8) is 0 Å². The minimum Gasteiger partial charge on any atom is -0.481 e. The summed E-state index contributed by atoms with van der Waals surface area (Å²) >= 11 is 0. The van der Waals surface area contributed by atoms with Crippen LogP contribution >= 0.6 is 0 Å². The summed E-state index contributed by atoms with van der Waals surface area (Å²) in [5.74, 6) is 2.32. The highest BCUT2D eigenvalue weighted by Crippen LogP contribution is 2.21. The number of benzene rings is 1. The summed E-state index contributed by atoms with van der Waals surface area (Å²) in [5.41, 5.74) is 2.42. The molecule has 1 fully saturated rings. The summed E-state index contributed by atoms with van der Waals surface area (Å²) in [6.45, 7) is 14.9. The molecule has 1 saturated heterocycles. The van der Waals surface area contributed by atoms with E-state index in [1.807, 2.05) is 25.1 Å². The first-order valence-corrected chi connectivity index (χ1v) is 10.1. The number of nitrogens with zero attached hydrogens (tertiary/aromatic N) is 1. The van der Waals surface area contributed by atoms with Gasteiger partial charge in [0.05, 0.1) is 0 Å². The summed E-state index contributed by atoms with van der Waals surface area (Å²) in [6, 6.07) is 5.98. The van der Waals surface area contributed by atoms with Gasteiger partial charge in [0.15, 0.2) is 6.10 Å². The molecule has 26 heavy (non-hydrogen) atoms. The Morgan fingerprint density at radius 1 is 1.23 bits per heavy atom. The van der Waals surface area contributed by atoms with Crippen molar-refractivity contribution in [2.24, 2.45) is 11.8 Å². The number of hydrogen-bond donors (Lipinski definition) is 1. The van der Waals surface area contributed by atoms with Gasteiger partial charge < -0.3 is 15.0 Å². The Labute approximate surface area is 159 Å². The number of ether oxygens (including phenoxy) is 1. The van der Waals surface area contributed by atoms with Crippen molar-refractivity contribution in [1.82, 2.24) is 10.2 Å². The van der Waals surface area contributed by atoms with Crippen molar-refractivity contribution in [3.05, 3.63) is 29.3 Å². The van der Waals surface area contributed by atoms with Gasteiger partial charge in [0.2, 0.25) is 0 Å². The quantitative estimate of drug-likeness (QED) is 0.714. The first-order chi connectivity index (χ1) is 12.4. The van der Waals surface area contributed by atoms with Crippen molar-refractivity contribution < 1.29 is 9.53 Å². The second-order valence-corrected chi connectivity index (χ2v) is 8.11. The Kier molecular flexibility index (Phi) is 7.95. The molecule has 1 amide bonds.